The molecule has 0 amide bonds. The fraction of sp³-hybridized carbons (Fsp3) is 0. The van der Waals surface area contributed by atoms with Gasteiger partial charge in [-0.2, -0.15) is 0 Å². The number of allylic oxidation sites excluding steroid dienone is 1. The molecular weight excluding hydrogens is 416 g/mol. The molecule has 0 aliphatic carbocycles. The van der Waals surface area contributed by atoms with E-state index in [1.807, 2.05) is 0 Å². The molecule has 0 radical (unpaired) electrons. The van der Waals surface area contributed by atoms with E-state index in [-0.39, 0.29) is 17.1 Å². The Hall–Kier alpha value is -1.92. The van der Waals surface area contributed by atoms with Gasteiger partial charge in [-0.25, -0.2) is 4.79 Å². The number of aromatic carboxylic acids is 1. The summed E-state index contributed by atoms with van der Waals surface area (Å²) < 4.78 is 7.08. The highest BCUT2D eigenvalue weighted by Crippen LogP contribution is 2.40. The summed E-state index contributed by atoms with van der Waals surface area (Å²) in [6.07, 6.45) is 1.59. The molecule has 6 heteroatoms. The van der Waals surface area contributed by atoms with Gasteiger partial charge in [-0.15, -0.1) is 0 Å². The SMILES string of the molecule is O=C(O)c1ccc(/C=C2\Oc3c(Br)cc(Br)cc3C2=O)cc1. The quantitative estimate of drug-likeness (QED) is 0.721. The molecule has 2 aromatic rings. The van der Waals surface area contributed by atoms with Crippen molar-refractivity contribution in [1.82, 2.24) is 0 Å². The number of carboxylic acid groups (broad SMARTS) is 1. The first-order valence-corrected chi connectivity index (χ1v) is 7.81. The van der Waals surface area contributed by atoms with Gasteiger partial charge in [0.25, 0.3) is 0 Å². The Morgan fingerprint density at radius 1 is 1.14 bits per heavy atom. The van der Waals surface area contributed by atoms with Gasteiger partial charge in [0.15, 0.2) is 11.5 Å². The molecule has 0 fully saturated rings. The Morgan fingerprint density at radius 2 is 1.82 bits per heavy atom. The molecule has 110 valence electrons. The lowest BCUT2D eigenvalue weighted by Gasteiger charge is -2.01. The molecule has 0 aromatic heterocycles. The number of fused-ring (bicyclic) bond motifs is 1. The van der Waals surface area contributed by atoms with Crippen LogP contribution in [0.25, 0.3) is 6.08 Å². The second kappa shape index (κ2) is 5.70. The summed E-state index contributed by atoms with van der Waals surface area (Å²) in [5.74, 6) is -0.508. The first-order valence-electron chi connectivity index (χ1n) is 6.22. The number of hydrogen-bond donors (Lipinski definition) is 1. The van der Waals surface area contributed by atoms with Crippen molar-refractivity contribution >= 4 is 49.7 Å². The lowest BCUT2D eigenvalue weighted by atomic mass is 10.1. The lowest BCUT2D eigenvalue weighted by molar-refractivity contribution is 0.0696. The topological polar surface area (TPSA) is 63.6 Å². The lowest BCUT2D eigenvalue weighted by Crippen LogP contribution is -1.99. The normalized spacial score (nSPS) is 14.8. The van der Waals surface area contributed by atoms with E-state index in [1.54, 1.807) is 30.3 Å². The first-order chi connectivity index (χ1) is 10.5. The highest BCUT2D eigenvalue weighted by atomic mass is 79.9. The maximum Gasteiger partial charge on any atom is 0.335 e. The number of carbonyl (C=O) groups is 2. The second-order valence-electron chi connectivity index (χ2n) is 4.63. The molecule has 1 N–H and O–H groups in total. The third-order valence-corrected chi connectivity index (χ3v) is 4.19. The summed E-state index contributed by atoms with van der Waals surface area (Å²) in [5.41, 5.74) is 1.36. The van der Waals surface area contributed by atoms with Gasteiger partial charge >= 0.3 is 5.97 Å². The summed E-state index contributed by atoms with van der Waals surface area (Å²) in [6.45, 7) is 0. The third-order valence-electron chi connectivity index (χ3n) is 3.14. The van der Waals surface area contributed by atoms with Gasteiger partial charge in [-0.1, -0.05) is 28.1 Å². The van der Waals surface area contributed by atoms with Crippen LogP contribution in [0.4, 0.5) is 0 Å². The van der Waals surface area contributed by atoms with Crippen molar-refractivity contribution in [2.45, 2.75) is 0 Å². The number of halogens is 2. The number of rotatable bonds is 2. The van der Waals surface area contributed by atoms with Gasteiger partial charge in [0, 0.05) is 4.47 Å². The van der Waals surface area contributed by atoms with Crippen molar-refractivity contribution in [3.63, 3.8) is 0 Å². The van der Waals surface area contributed by atoms with Crippen LogP contribution >= 0.6 is 31.9 Å². The average molecular weight is 424 g/mol. The summed E-state index contributed by atoms with van der Waals surface area (Å²) in [7, 11) is 0. The van der Waals surface area contributed by atoms with E-state index in [0.717, 1.165) is 4.47 Å². The Balaban J connectivity index is 1.96. The van der Waals surface area contributed by atoms with Crippen LogP contribution in [0.3, 0.4) is 0 Å². The Morgan fingerprint density at radius 3 is 2.45 bits per heavy atom. The van der Waals surface area contributed by atoms with Crippen LogP contribution in [-0.4, -0.2) is 16.9 Å². The molecule has 0 bridgehead atoms. The minimum absolute atomic E-state index is 0.191. The van der Waals surface area contributed by atoms with E-state index < -0.39 is 5.97 Å². The largest absolute Gasteiger partial charge is 0.478 e. The zero-order valence-corrected chi connectivity index (χ0v) is 14.1. The van der Waals surface area contributed by atoms with Gasteiger partial charge in [-0.05, 0) is 51.8 Å². The Kier molecular flexibility index (Phi) is 3.88. The molecule has 0 spiro atoms. The maximum absolute atomic E-state index is 12.4. The summed E-state index contributed by atoms with van der Waals surface area (Å²) >= 11 is 6.70. The minimum Gasteiger partial charge on any atom is -0.478 e. The minimum atomic E-state index is -0.992. The highest BCUT2D eigenvalue weighted by Gasteiger charge is 2.29. The van der Waals surface area contributed by atoms with Gasteiger partial charge in [0.2, 0.25) is 5.78 Å². The predicted molar refractivity (Wildman–Crippen MR) is 88.2 cm³/mol. The maximum atomic E-state index is 12.4. The number of ether oxygens (including phenoxy) is 1. The van der Waals surface area contributed by atoms with Crippen LogP contribution in [-0.2, 0) is 0 Å². The van der Waals surface area contributed by atoms with Crippen molar-refractivity contribution in [3.05, 3.63) is 67.8 Å². The van der Waals surface area contributed by atoms with Crippen LogP contribution in [0.15, 0.2) is 51.1 Å². The van der Waals surface area contributed by atoms with E-state index in [0.29, 0.717) is 21.3 Å². The molecule has 22 heavy (non-hydrogen) atoms. The third kappa shape index (κ3) is 2.71. The van der Waals surface area contributed by atoms with Crippen LogP contribution in [0.2, 0.25) is 0 Å². The van der Waals surface area contributed by atoms with E-state index in [2.05, 4.69) is 31.9 Å². The van der Waals surface area contributed by atoms with Gasteiger partial charge in [0.1, 0.15) is 0 Å². The summed E-state index contributed by atoms with van der Waals surface area (Å²) in [5, 5.41) is 8.87. The highest BCUT2D eigenvalue weighted by molar-refractivity contribution is 9.11. The number of benzene rings is 2. The molecule has 1 aliphatic heterocycles. The molecule has 0 atom stereocenters. The molecule has 1 heterocycles. The fourth-order valence-electron chi connectivity index (χ4n) is 2.09. The number of carbonyl (C=O) groups excluding carboxylic acids is 1. The second-order valence-corrected chi connectivity index (χ2v) is 6.40. The van der Waals surface area contributed by atoms with Crippen molar-refractivity contribution in [3.8, 4) is 5.75 Å². The van der Waals surface area contributed by atoms with Gasteiger partial charge in [0.05, 0.1) is 15.6 Å². The fourth-order valence-corrected chi connectivity index (χ4v) is 3.40. The standard InChI is InChI=1S/C16H8Br2O4/c17-10-6-11-14(19)13(22-15(11)12(18)7-10)5-8-1-3-9(4-2-8)16(20)21/h1-7H,(H,20,21)/b13-5-. The molecule has 4 nitrogen and oxygen atoms in total. The number of carboxylic acids is 1. The smallest absolute Gasteiger partial charge is 0.335 e. The van der Waals surface area contributed by atoms with E-state index in [9.17, 15) is 9.59 Å². The molecule has 0 saturated carbocycles. The zero-order valence-electron chi connectivity index (χ0n) is 11.0. The van der Waals surface area contributed by atoms with Crippen molar-refractivity contribution in [2.75, 3.05) is 0 Å². The molecule has 3 rings (SSSR count). The van der Waals surface area contributed by atoms with E-state index >= 15 is 0 Å². The van der Waals surface area contributed by atoms with E-state index in [1.165, 1.54) is 12.1 Å². The molecular formula is C16H8Br2O4. The zero-order chi connectivity index (χ0) is 15.9. The van der Waals surface area contributed by atoms with Crippen molar-refractivity contribution < 1.29 is 19.4 Å². The molecule has 2 aromatic carbocycles. The monoisotopic (exact) mass is 422 g/mol. The van der Waals surface area contributed by atoms with Crippen LogP contribution in [0.1, 0.15) is 26.3 Å². The van der Waals surface area contributed by atoms with Gasteiger partial charge in [-0.3, -0.25) is 4.79 Å². The van der Waals surface area contributed by atoms with E-state index in [4.69, 9.17) is 9.84 Å². The van der Waals surface area contributed by atoms with Crippen LogP contribution in [0.5, 0.6) is 5.75 Å². The molecule has 0 saturated heterocycles. The molecule has 0 unspecified atom stereocenters. The number of Topliss-reactive ketones (excluding diaryl/α,β-unsaturated/α-hetero) is 1. The summed E-state index contributed by atoms with van der Waals surface area (Å²) in [6, 6.07) is 9.72. The van der Waals surface area contributed by atoms with Gasteiger partial charge < -0.3 is 9.84 Å². The van der Waals surface area contributed by atoms with Crippen molar-refractivity contribution in [1.29, 1.82) is 0 Å². The predicted octanol–water partition coefficient (Wildman–Crippen LogP) is 4.53. The number of ketones is 1. The average Bonchev–Trinajstić information content (AvgIpc) is 2.77. The number of hydrogen-bond acceptors (Lipinski definition) is 3. The van der Waals surface area contributed by atoms with Crippen LogP contribution in [0, 0.1) is 0 Å². The van der Waals surface area contributed by atoms with Crippen LogP contribution < -0.4 is 4.74 Å². The first kappa shape index (κ1) is 15.0. The van der Waals surface area contributed by atoms with Crippen molar-refractivity contribution in [2.24, 2.45) is 0 Å². The Labute approximate surface area is 142 Å². The Bertz CT molecular complexity index is 823. The summed E-state index contributed by atoms with van der Waals surface area (Å²) in [4.78, 5) is 23.2. The molecule has 1 aliphatic rings.